The van der Waals surface area contributed by atoms with Crippen LogP contribution in [0.2, 0.25) is 5.02 Å². The second-order valence-electron chi connectivity index (χ2n) is 5.53. The normalized spacial score (nSPS) is 12.5. The Kier molecular flexibility index (Phi) is 7.86. The molecule has 0 heterocycles. The van der Waals surface area contributed by atoms with Crippen LogP contribution in [0.25, 0.3) is 0 Å². The molecule has 1 aromatic rings. The zero-order valence-electron chi connectivity index (χ0n) is 13.1. The molecule has 1 unspecified atom stereocenters. The fourth-order valence-electron chi connectivity index (χ4n) is 1.95. The van der Waals surface area contributed by atoms with Crippen molar-refractivity contribution in [1.82, 2.24) is 0 Å². The molecule has 120 valence electrons. The minimum absolute atomic E-state index is 0.0259. The fraction of sp³-hybridized carbons (Fsp3) is 0.625. The molecule has 3 N–H and O–H groups in total. The van der Waals surface area contributed by atoms with Gasteiger partial charge in [-0.3, -0.25) is 0 Å². The quantitative estimate of drug-likeness (QED) is 0.735. The van der Waals surface area contributed by atoms with Gasteiger partial charge in [-0.2, -0.15) is 0 Å². The zero-order valence-corrected chi connectivity index (χ0v) is 13.8. The van der Waals surface area contributed by atoms with Crippen molar-refractivity contribution in [2.24, 2.45) is 17.6 Å². The van der Waals surface area contributed by atoms with E-state index in [0.29, 0.717) is 48.6 Å². The minimum atomic E-state index is 0.0259. The van der Waals surface area contributed by atoms with Crippen molar-refractivity contribution < 1.29 is 14.6 Å². The van der Waals surface area contributed by atoms with E-state index in [9.17, 15) is 5.11 Å². The number of nitrogens with two attached hydrogens (primary N) is 1. The molecule has 0 amide bonds. The van der Waals surface area contributed by atoms with Crippen molar-refractivity contribution in [1.29, 1.82) is 0 Å². The van der Waals surface area contributed by atoms with Gasteiger partial charge in [0.15, 0.2) is 11.5 Å². The number of rotatable bonds is 9. The Balaban J connectivity index is 2.99. The Morgan fingerprint density at radius 1 is 1.29 bits per heavy atom. The fourth-order valence-corrected chi connectivity index (χ4v) is 2.24. The van der Waals surface area contributed by atoms with Crippen LogP contribution in [-0.4, -0.2) is 31.5 Å². The summed E-state index contributed by atoms with van der Waals surface area (Å²) in [6, 6.07) is 3.78. The Hall–Kier alpha value is -0.970. The van der Waals surface area contributed by atoms with Gasteiger partial charge >= 0.3 is 0 Å². The highest BCUT2D eigenvalue weighted by Gasteiger charge is 2.15. The first-order valence-electron chi connectivity index (χ1n) is 7.40. The van der Waals surface area contributed by atoms with E-state index in [1.54, 1.807) is 0 Å². The maximum absolute atomic E-state index is 9.26. The summed E-state index contributed by atoms with van der Waals surface area (Å²) in [6.07, 6.45) is 0.664. The molecule has 1 rings (SSSR count). The zero-order chi connectivity index (χ0) is 15.8. The van der Waals surface area contributed by atoms with Crippen LogP contribution in [0.5, 0.6) is 11.5 Å². The Morgan fingerprint density at radius 2 is 2.00 bits per heavy atom. The number of ether oxygens (including phenoxy) is 2. The van der Waals surface area contributed by atoms with Crippen LogP contribution >= 0.6 is 11.6 Å². The summed E-state index contributed by atoms with van der Waals surface area (Å²) < 4.78 is 11.4. The Bertz CT molecular complexity index is 434. The number of halogens is 1. The molecule has 0 radical (unpaired) electrons. The number of aliphatic hydroxyl groups is 1. The van der Waals surface area contributed by atoms with Crippen molar-refractivity contribution in [2.45, 2.75) is 27.2 Å². The molecule has 0 saturated heterocycles. The molecular weight excluding hydrogens is 290 g/mol. The molecule has 0 spiro atoms. The van der Waals surface area contributed by atoms with E-state index in [0.717, 1.165) is 5.56 Å². The SMILES string of the molecule is CCOc1cc(CC(CN)CO)cc(Cl)c1OCC(C)C. The monoisotopic (exact) mass is 315 g/mol. The Morgan fingerprint density at radius 3 is 2.52 bits per heavy atom. The summed E-state index contributed by atoms with van der Waals surface area (Å²) in [4.78, 5) is 0. The van der Waals surface area contributed by atoms with E-state index in [2.05, 4.69) is 13.8 Å². The number of aliphatic hydroxyl groups excluding tert-OH is 1. The molecule has 0 saturated carbocycles. The average Bonchev–Trinajstić information content (AvgIpc) is 2.43. The van der Waals surface area contributed by atoms with Crippen molar-refractivity contribution in [3.8, 4) is 11.5 Å². The van der Waals surface area contributed by atoms with E-state index < -0.39 is 0 Å². The van der Waals surface area contributed by atoms with Crippen molar-refractivity contribution >= 4 is 11.6 Å². The van der Waals surface area contributed by atoms with Crippen LogP contribution in [0, 0.1) is 11.8 Å². The lowest BCUT2D eigenvalue weighted by Crippen LogP contribution is -2.20. The Labute approximate surface area is 132 Å². The summed E-state index contributed by atoms with van der Waals surface area (Å²) >= 11 is 6.32. The summed E-state index contributed by atoms with van der Waals surface area (Å²) in [6.45, 7) is 7.70. The number of hydrogen-bond acceptors (Lipinski definition) is 4. The second kappa shape index (κ2) is 9.13. The van der Waals surface area contributed by atoms with Crippen molar-refractivity contribution in [2.75, 3.05) is 26.4 Å². The highest BCUT2D eigenvalue weighted by molar-refractivity contribution is 6.32. The first-order valence-corrected chi connectivity index (χ1v) is 7.78. The molecule has 0 aliphatic heterocycles. The maximum atomic E-state index is 9.26. The van der Waals surface area contributed by atoms with Crippen LogP contribution < -0.4 is 15.2 Å². The molecule has 21 heavy (non-hydrogen) atoms. The topological polar surface area (TPSA) is 64.7 Å². The van der Waals surface area contributed by atoms with E-state index in [1.807, 2.05) is 19.1 Å². The summed E-state index contributed by atoms with van der Waals surface area (Å²) in [7, 11) is 0. The third-order valence-corrected chi connectivity index (χ3v) is 3.33. The van der Waals surface area contributed by atoms with Gasteiger partial charge in [0, 0.05) is 6.61 Å². The van der Waals surface area contributed by atoms with Gasteiger partial charge < -0.3 is 20.3 Å². The van der Waals surface area contributed by atoms with Gasteiger partial charge in [0.1, 0.15) is 0 Å². The van der Waals surface area contributed by atoms with E-state index in [1.165, 1.54) is 0 Å². The van der Waals surface area contributed by atoms with Crippen LogP contribution in [0.1, 0.15) is 26.3 Å². The first kappa shape index (κ1) is 18.1. The van der Waals surface area contributed by atoms with Crippen molar-refractivity contribution in [3.63, 3.8) is 0 Å². The molecule has 0 aromatic heterocycles. The molecular formula is C16H26ClNO3. The van der Waals surface area contributed by atoms with Gasteiger partial charge in [-0.25, -0.2) is 0 Å². The van der Waals surface area contributed by atoms with Crippen LogP contribution in [0.15, 0.2) is 12.1 Å². The lowest BCUT2D eigenvalue weighted by atomic mass is 10.00. The maximum Gasteiger partial charge on any atom is 0.179 e. The van der Waals surface area contributed by atoms with Crippen LogP contribution in [-0.2, 0) is 6.42 Å². The first-order chi connectivity index (χ1) is 10.0. The molecule has 0 bridgehead atoms. The van der Waals surface area contributed by atoms with Crippen LogP contribution in [0.3, 0.4) is 0 Å². The van der Waals surface area contributed by atoms with Gasteiger partial charge in [0.05, 0.1) is 18.2 Å². The lowest BCUT2D eigenvalue weighted by molar-refractivity contribution is 0.229. The largest absolute Gasteiger partial charge is 0.490 e. The highest BCUT2D eigenvalue weighted by Crippen LogP contribution is 2.37. The van der Waals surface area contributed by atoms with Gasteiger partial charge in [0.2, 0.25) is 0 Å². The molecule has 0 fully saturated rings. The summed E-state index contributed by atoms with van der Waals surface area (Å²) in [5.41, 5.74) is 6.62. The summed E-state index contributed by atoms with van der Waals surface area (Å²) in [5.74, 6) is 1.67. The van der Waals surface area contributed by atoms with Gasteiger partial charge in [-0.15, -0.1) is 0 Å². The molecule has 1 aromatic carbocycles. The van der Waals surface area contributed by atoms with E-state index >= 15 is 0 Å². The highest BCUT2D eigenvalue weighted by atomic mass is 35.5. The van der Waals surface area contributed by atoms with Gasteiger partial charge in [-0.1, -0.05) is 25.4 Å². The van der Waals surface area contributed by atoms with Crippen LogP contribution in [0.4, 0.5) is 0 Å². The lowest BCUT2D eigenvalue weighted by Gasteiger charge is -2.18. The van der Waals surface area contributed by atoms with E-state index in [4.69, 9.17) is 26.8 Å². The second-order valence-corrected chi connectivity index (χ2v) is 5.94. The molecule has 1 atom stereocenters. The molecule has 0 aliphatic rings. The minimum Gasteiger partial charge on any atom is -0.490 e. The van der Waals surface area contributed by atoms with E-state index in [-0.39, 0.29) is 12.5 Å². The van der Waals surface area contributed by atoms with Crippen molar-refractivity contribution in [3.05, 3.63) is 22.7 Å². The number of benzene rings is 1. The summed E-state index contributed by atoms with van der Waals surface area (Å²) in [5, 5.41) is 9.79. The molecule has 5 heteroatoms. The number of hydrogen-bond donors (Lipinski definition) is 2. The third-order valence-electron chi connectivity index (χ3n) is 3.05. The van der Waals surface area contributed by atoms with Gasteiger partial charge in [0.25, 0.3) is 0 Å². The third kappa shape index (κ3) is 5.73. The predicted octanol–water partition coefficient (Wildman–Crippen LogP) is 2.88. The molecule has 4 nitrogen and oxygen atoms in total. The standard InChI is InChI=1S/C16H26ClNO3/c1-4-20-15-7-12(5-13(8-18)9-19)6-14(17)16(15)21-10-11(2)3/h6-7,11,13,19H,4-5,8-10,18H2,1-3H3. The van der Waals surface area contributed by atoms with Gasteiger partial charge in [-0.05, 0) is 49.4 Å². The predicted molar refractivity (Wildman–Crippen MR) is 86.3 cm³/mol. The average molecular weight is 316 g/mol. The smallest absolute Gasteiger partial charge is 0.179 e. The molecule has 0 aliphatic carbocycles.